The van der Waals surface area contributed by atoms with E-state index in [0.717, 1.165) is 6.07 Å². The molecule has 1 heterocycles. The first kappa shape index (κ1) is 20.7. The molecule has 1 aromatic heterocycles. The van der Waals surface area contributed by atoms with Crippen LogP contribution in [-0.2, 0) is 4.79 Å². The molecule has 146 valence electrons. The van der Waals surface area contributed by atoms with Gasteiger partial charge < -0.3 is 25.0 Å². The van der Waals surface area contributed by atoms with E-state index in [2.05, 4.69) is 15.8 Å². The summed E-state index contributed by atoms with van der Waals surface area (Å²) in [4.78, 5) is 23.4. The fourth-order valence-electron chi connectivity index (χ4n) is 2.01. The van der Waals surface area contributed by atoms with Gasteiger partial charge in [0.05, 0.1) is 16.8 Å². The number of halogens is 2. The van der Waals surface area contributed by atoms with E-state index in [1.54, 1.807) is 6.92 Å². The number of benzene rings is 1. The maximum atomic E-state index is 13.3. The lowest BCUT2D eigenvalue weighted by Gasteiger charge is -2.12. The van der Waals surface area contributed by atoms with Gasteiger partial charge in [-0.1, -0.05) is 16.8 Å². The lowest BCUT2D eigenvalue weighted by molar-refractivity contribution is -0.123. The third-order valence-electron chi connectivity index (χ3n) is 3.41. The van der Waals surface area contributed by atoms with Crippen molar-refractivity contribution in [2.45, 2.75) is 19.4 Å². The summed E-state index contributed by atoms with van der Waals surface area (Å²) in [6, 6.07) is 5.33. The van der Waals surface area contributed by atoms with Crippen LogP contribution in [-0.4, -0.2) is 47.9 Å². The summed E-state index contributed by atoms with van der Waals surface area (Å²) in [7, 11) is 0. The molecule has 0 saturated carbocycles. The summed E-state index contributed by atoms with van der Waals surface area (Å²) in [5, 5.41) is 18.4. The van der Waals surface area contributed by atoms with Gasteiger partial charge in [0, 0.05) is 25.2 Å². The maximum absolute atomic E-state index is 13.3. The van der Waals surface area contributed by atoms with Gasteiger partial charge in [0.25, 0.3) is 11.8 Å². The van der Waals surface area contributed by atoms with Crippen molar-refractivity contribution in [1.29, 1.82) is 0 Å². The van der Waals surface area contributed by atoms with Crippen molar-refractivity contribution in [1.82, 2.24) is 15.8 Å². The summed E-state index contributed by atoms with van der Waals surface area (Å²) in [5.74, 6) is -1.31. The van der Waals surface area contributed by atoms with Crippen molar-refractivity contribution in [3.63, 3.8) is 0 Å². The molecule has 1 atom stereocenters. The Balaban J connectivity index is 1.61. The van der Waals surface area contributed by atoms with E-state index in [9.17, 15) is 19.1 Å². The summed E-state index contributed by atoms with van der Waals surface area (Å²) in [6.07, 6.45) is -0.638. The molecule has 1 aromatic carbocycles. The molecule has 27 heavy (non-hydrogen) atoms. The standard InChI is InChI=1S/C17H19ClFN3O5/c1-10-6-15(27-22-10)17(25)20-5-4-11(23)8-21-16(24)9-26-12-2-3-13(18)14(19)7-12/h2-3,6-7,11,23H,4-5,8-9H2,1H3,(H,20,25)(H,21,24). The number of aliphatic hydroxyl groups is 1. The van der Waals surface area contributed by atoms with Crippen LogP contribution in [0.5, 0.6) is 5.75 Å². The highest BCUT2D eigenvalue weighted by molar-refractivity contribution is 6.30. The van der Waals surface area contributed by atoms with Gasteiger partial charge in [0.2, 0.25) is 5.76 Å². The van der Waals surface area contributed by atoms with Gasteiger partial charge in [0.15, 0.2) is 6.61 Å². The van der Waals surface area contributed by atoms with Crippen molar-refractivity contribution >= 4 is 23.4 Å². The number of rotatable bonds is 9. The number of nitrogens with one attached hydrogen (secondary N) is 2. The fraction of sp³-hybridized carbons (Fsp3) is 0.353. The van der Waals surface area contributed by atoms with E-state index in [-0.39, 0.29) is 42.6 Å². The summed E-state index contributed by atoms with van der Waals surface area (Å²) >= 11 is 5.55. The van der Waals surface area contributed by atoms with Crippen LogP contribution in [0.15, 0.2) is 28.8 Å². The van der Waals surface area contributed by atoms with E-state index >= 15 is 0 Å². The van der Waals surface area contributed by atoms with Crippen molar-refractivity contribution in [3.05, 3.63) is 46.6 Å². The average molecular weight is 400 g/mol. The lowest BCUT2D eigenvalue weighted by atomic mass is 10.2. The van der Waals surface area contributed by atoms with Gasteiger partial charge in [-0.15, -0.1) is 0 Å². The zero-order chi connectivity index (χ0) is 19.8. The second-order valence-corrected chi connectivity index (χ2v) is 6.11. The third kappa shape index (κ3) is 6.87. The fourth-order valence-corrected chi connectivity index (χ4v) is 2.13. The zero-order valence-electron chi connectivity index (χ0n) is 14.5. The minimum Gasteiger partial charge on any atom is -0.484 e. The highest BCUT2D eigenvalue weighted by Crippen LogP contribution is 2.20. The molecule has 0 fully saturated rings. The molecule has 0 radical (unpaired) electrons. The Hall–Kier alpha value is -2.65. The third-order valence-corrected chi connectivity index (χ3v) is 3.72. The van der Waals surface area contributed by atoms with Crippen LogP contribution in [0.3, 0.4) is 0 Å². The molecular weight excluding hydrogens is 381 g/mol. The largest absolute Gasteiger partial charge is 0.484 e. The number of aromatic nitrogens is 1. The predicted molar refractivity (Wildman–Crippen MR) is 94.1 cm³/mol. The molecular formula is C17H19ClFN3O5. The van der Waals surface area contributed by atoms with Crippen LogP contribution in [0, 0.1) is 12.7 Å². The topological polar surface area (TPSA) is 114 Å². The summed E-state index contributed by atoms with van der Waals surface area (Å²) in [6.45, 7) is 1.53. The highest BCUT2D eigenvalue weighted by atomic mass is 35.5. The number of amides is 2. The smallest absolute Gasteiger partial charge is 0.289 e. The van der Waals surface area contributed by atoms with Crippen molar-refractivity contribution in [2.75, 3.05) is 19.7 Å². The van der Waals surface area contributed by atoms with Crippen LogP contribution in [0.2, 0.25) is 5.02 Å². The normalized spacial score (nSPS) is 11.7. The zero-order valence-corrected chi connectivity index (χ0v) is 15.3. The molecule has 0 spiro atoms. The molecule has 0 aliphatic heterocycles. The van der Waals surface area contributed by atoms with Crippen LogP contribution >= 0.6 is 11.6 Å². The number of ether oxygens (including phenoxy) is 1. The van der Waals surface area contributed by atoms with Crippen molar-refractivity contribution in [2.24, 2.45) is 0 Å². The number of carbonyl (C=O) groups excluding carboxylic acids is 2. The Morgan fingerprint density at radius 1 is 1.37 bits per heavy atom. The number of hydrogen-bond acceptors (Lipinski definition) is 6. The van der Waals surface area contributed by atoms with E-state index in [1.165, 1.54) is 18.2 Å². The van der Waals surface area contributed by atoms with Gasteiger partial charge in [-0.2, -0.15) is 0 Å². The molecule has 2 aromatic rings. The van der Waals surface area contributed by atoms with Crippen LogP contribution in [0.4, 0.5) is 4.39 Å². The number of carbonyl (C=O) groups is 2. The van der Waals surface area contributed by atoms with E-state index in [1.807, 2.05) is 0 Å². The predicted octanol–water partition coefficient (Wildman–Crippen LogP) is 1.45. The van der Waals surface area contributed by atoms with Gasteiger partial charge >= 0.3 is 0 Å². The number of hydrogen-bond donors (Lipinski definition) is 3. The molecule has 2 rings (SSSR count). The molecule has 0 aliphatic carbocycles. The number of aryl methyl sites for hydroxylation is 1. The molecule has 0 bridgehead atoms. The van der Waals surface area contributed by atoms with E-state index < -0.39 is 23.7 Å². The van der Waals surface area contributed by atoms with Crippen molar-refractivity contribution in [3.8, 4) is 5.75 Å². The maximum Gasteiger partial charge on any atom is 0.289 e. The number of nitrogens with zero attached hydrogens (tertiary/aromatic N) is 1. The second-order valence-electron chi connectivity index (χ2n) is 5.70. The Kier molecular flexibility index (Phi) is 7.56. The number of aliphatic hydroxyl groups excluding tert-OH is 1. The molecule has 3 N–H and O–H groups in total. The van der Waals surface area contributed by atoms with Crippen LogP contribution in [0.25, 0.3) is 0 Å². The first-order valence-corrected chi connectivity index (χ1v) is 8.47. The van der Waals surface area contributed by atoms with Gasteiger partial charge in [-0.05, 0) is 25.5 Å². The Morgan fingerprint density at radius 2 is 2.15 bits per heavy atom. The monoisotopic (exact) mass is 399 g/mol. The van der Waals surface area contributed by atoms with Gasteiger partial charge in [-0.3, -0.25) is 9.59 Å². The van der Waals surface area contributed by atoms with Gasteiger partial charge in [0.1, 0.15) is 11.6 Å². The summed E-state index contributed by atoms with van der Waals surface area (Å²) in [5.41, 5.74) is 0.589. The Labute approximate surface area is 159 Å². The minimum atomic E-state index is -0.862. The molecule has 0 aliphatic rings. The Morgan fingerprint density at radius 3 is 2.81 bits per heavy atom. The Bertz CT molecular complexity index is 799. The lowest BCUT2D eigenvalue weighted by Crippen LogP contribution is -2.37. The SMILES string of the molecule is Cc1cc(C(=O)NCCC(O)CNC(=O)COc2ccc(Cl)c(F)c2)on1. The second kappa shape index (κ2) is 9.89. The molecule has 2 amide bonds. The van der Waals surface area contributed by atoms with Crippen molar-refractivity contribution < 1.29 is 28.3 Å². The van der Waals surface area contributed by atoms with E-state index in [4.69, 9.17) is 20.9 Å². The van der Waals surface area contributed by atoms with Crippen LogP contribution < -0.4 is 15.4 Å². The quantitative estimate of drug-likeness (QED) is 0.588. The molecule has 8 nitrogen and oxygen atoms in total. The first-order valence-electron chi connectivity index (χ1n) is 8.09. The molecule has 10 heteroatoms. The molecule has 0 saturated heterocycles. The first-order chi connectivity index (χ1) is 12.8. The summed E-state index contributed by atoms with van der Waals surface area (Å²) < 4.78 is 23.2. The average Bonchev–Trinajstić information content (AvgIpc) is 3.07. The van der Waals surface area contributed by atoms with Gasteiger partial charge in [-0.25, -0.2) is 4.39 Å². The highest BCUT2D eigenvalue weighted by Gasteiger charge is 2.13. The van der Waals surface area contributed by atoms with Crippen LogP contribution in [0.1, 0.15) is 22.7 Å². The van der Waals surface area contributed by atoms with E-state index in [0.29, 0.717) is 5.69 Å². The molecule has 1 unspecified atom stereocenters. The minimum absolute atomic E-state index is 0.0194.